The molecule has 5 heteroatoms. The number of halogens is 1. The number of hydroxylamine groups is 1. The van der Waals surface area contributed by atoms with E-state index in [4.69, 9.17) is 4.84 Å². The van der Waals surface area contributed by atoms with Gasteiger partial charge >= 0.3 is 0 Å². The van der Waals surface area contributed by atoms with Gasteiger partial charge in [0.15, 0.2) is 0 Å². The van der Waals surface area contributed by atoms with Gasteiger partial charge in [0.05, 0.1) is 6.61 Å². The van der Waals surface area contributed by atoms with Crippen molar-refractivity contribution >= 4 is 11.6 Å². The van der Waals surface area contributed by atoms with Crippen molar-refractivity contribution in [1.29, 1.82) is 0 Å². The van der Waals surface area contributed by atoms with Crippen molar-refractivity contribution in [3.8, 4) is 0 Å². The van der Waals surface area contributed by atoms with Crippen LogP contribution in [0.15, 0.2) is 24.3 Å². The molecular weight excluding hydrogens is 223 g/mol. The number of hydrogen-bond acceptors (Lipinski definition) is 3. The van der Waals surface area contributed by atoms with Crippen molar-refractivity contribution in [1.82, 2.24) is 5.48 Å². The van der Waals surface area contributed by atoms with Crippen molar-refractivity contribution in [2.75, 3.05) is 18.5 Å². The monoisotopic (exact) mass is 240 g/mol. The Bertz CT molecular complexity index is 369. The molecule has 0 heterocycles. The van der Waals surface area contributed by atoms with E-state index in [0.29, 0.717) is 18.2 Å². The van der Waals surface area contributed by atoms with Crippen LogP contribution in [0.4, 0.5) is 10.1 Å². The van der Waals surface area contributed by atoms with Crippen LogP contribution in [0.25, 0.3) is 0 Å². The van der Waals surface area contributed by atoms with Crippen molar-refractivity contribution in [2.45, 2.75) is 13.8 Å². The van der Waals surface area contributed by atoms with Crippen LogP contribution in [0, 0.1) is 11.7 Å². The lowest BCUT2D eigenvalue weighted by Crippen LogP contribution is -2.29. The molecule has 0 aliphatic heterocycles. The third-order valence-corrected chi connectivity index (χ3v) is 1.86. The number of benzene rings is 1. The van der Waals surface area contributed by atoms with Crippen molar-refractivity contribution < 1.29 is 14.0 Å². The maximum atomic E-state index is 12.8. The van der Waals surface area contributed by atoms with Gasteiger partial charge in [-0.15, -0.1) is 0 Å². The molecule has 0 saturated carbocycles. The highest BCUT2D eigenvalue weighted by molar-refractivity contribution is 5.92. The Morgan fingerprint density at radius 2 is 2.24 bits per heavy atom. The van der Waals surface area contributed by atoms with E-state index in [1.54, 1.807) is 6.07 Å². The topological polar surface area (TPSA) is 50.4 Å². The lowest BCUT2D eigenvalue weighted by molar-refractivity contribution is -0.118. The number of nitrogens with one attached hydrogen (secondary N) is 2. The second-order valence-corrected chi connectivity index (χ2v) is 4.08. The predicted molar refractivity (Wildman–Crippen MR) is 63.8 cm³/mol. The molecule has 0 bridgehead atoms. The fourth-order valence-electron chi connectivity index (χ4n) is 1.11. The van der Waals surface area contributed by atoms with E-state index in [-0.39, 0.29) is 18.3 Å². The molecule has 1 aromatic carbocycles. The number of carbonyl (C=O) groups excluding carboxylic acids is 1. The molecule has 0 aliphatic rings. The van der Waals surface area contributed by atoms with E-state index < -0.39 is 0 Å². The third kappa shape index (κ3) is 5.99. The Kier molecular flexibility index (Phi) is 5.59. The highest BCUT2D eigenvalue weighted by Gasteiger charge is 2.03. The Hall–Kier alpha value is -1.46. The van der Waals surface area contributed by atoms with Gasteiger partial charge < -0.3 is 10.2 Å². The largest absolute Gasteiger partial charge is 0.325 e. The minimum atomic E-state index is -0.383. The highest BCUT2D eigenvalue weighted by atomic mass is 19.1. The first-order valence-electron chi connectivity index (χ1n) is 5.48. The quantitative estimate of drug-likeness (QED) is 0.590. The average Bonchev–Trinajstić information content (AvgIpc) is 2.24. The van der Waals surface area contributed by atoms with E-state index in [1.165, 1.54) is 18.2 Å². The maximum absolute atomic E-state index is 12.8. The van der Waals surface area contributed by atoms with E-state index in [9.17, 15) is 9.18 Å². The standard InChI is InChI=1S/C12H17FN2O2/c1-9(2)8-17-14-7-12(16)15-11-5-3-4-10(13)6-11/h3-6,9,14H,7-8H2,1-2H3,(H,15,16). The van der Waals surface area contributed by atoms with Crippen molar-refractivity contribution in [3.63, 3.8) is 0 Å². The van der Waals surface area contributed by atoms with E-state index in [1.807, 2.05) is 13.8 Å². The van der Waals surface area contributed by atoms with E-state index >= 15 is 0 Å². The van der Waals surface area contributed by atoms with Gasteiger partial charge in [-0.05, 0) is 24.1 Å². The van der Waals surface area contributed by atoms with Crippen LogP contribution >= 0.6 is 0 Å². The molecular formula is C12H17FN2O2. The van der Waals surface area contributed by atoms with Gasteiger partial charge in [0.25, 0.3) is 0 Å². The van der Waals surface area contributed by atoms with Crippen molar-refractivity contribution in [2.24, 2.45) is 5.92 Å². The van der Waals surface area contributed by atoms with Crippen LogP contribution in [0.2, 0.25) is 0 Å². The first-order chi connectivity index (χ1) is 8.08. The average molecular weight is 240 g/mol. The molecule has 0 radical (unpaired) electrons. The summed E-state index contributed by atoms with van der Waals surface area (Å²) in [4.78, 5) is 16.4. The summed E-state index contributed by atoms with van der Waals surface area (Å²) in [6.45, 7) is 4.58. The molecule has 1 rings (SSSR count). The van der Waals surface area contributed by atoms with Crippen LogP contribution < -0.4 is 10.8 Å². The summed E-state index contributed by atoms with van der Waals surface area (Å²) in [5, 5.41) is 2.55. The molecule has 1 amide bonds. The maximum Gasteiger partial charge on any atom is 0.240 e. The van der Waals surface area contributed by atoms with E-state index in [2.05, 4.69) is 10.8 Å². The summed E-state index contributed by atoms with van der Waals surface area (Å²) >= 11 is 0. The van der Waals surface area contributed by atoms with Crippen LogP contribution in [-0.2, 0) is 9.63 Å². The molecule has 0 saturated heterocycles. The molecule has 0 unspecified atom stereocenters. The molecule has 17 heavy (non-hydrogen) atoms. The zero-order valence-electron chi connectivity index (χ0n) is 10.00. The zero-order chi connectivity index (χ0) is 12.7. The van der Waals surface area contributed by atoms with Gasteiger partial charge in [-0.3, -0.25) is 4.79 Å². The van der Waals surface area contributed by atoms with Gasteiger partial charge in [0.2, 0.25) is 5.91 Å². The first-order valence-corrected chi connectivity index (χ1v) is 5.48. The summed E-state index contributed by atoms with van der Waals surface area (Å²) in [6.07, 6.45) is 0. The number of carbonyl (C=O) groups is 1. The Labute approximate surface area is 100 Å². The van der Waals surface area contributed by atoms with Crippen LogP contribution in [0.1, 0.15) is 13.8 Å². The lowest BCUT2D eigenvalue weighted by atomic mass is 10.2. The summed E-state index contributed by atoms with van der Waals surface area (Å²) in [5.41, 5.74) is 2.98. The third-order valence-electron chi connectivity index (χ3n) is 1.86. The van der Waals surface area contributed by atoms with Gasteiger partial charge in [0, 0.05) is 5.69 Å². The first kappa shape index (κ1) is 13.6. The van der Waals surface area contributed by atoms with Crippen LogP contribution in [0.3, 0.4) is 0 Å². The normalized spacial score (nSPS) is 10.6. The predicted octanol–water partition coefficient (Wildman–Crippen LogP) is 1.94. The summed E-state index contributed by atoms with van der Waals surface area (Å²) in [5.74, 6) is -0.264. The number of anilines is 1. The van der Waals surface area contributed by atoms with E-state index in [0.717, 1.165) is 0 Å². The second-order valence-electron chi connectivity index (χ2n) is 4.08. The number of amides is 1. The molecule has 2 N–H and O–H groups in total. The summed E-state index contributed by atoms with van der Waals surface area (Å²) in [7, 11) is 0. The van der Waals surface area contributed by atoms with Gasteiger partial charge in [-0.25, -0.2) is 4.39 Å². The Morgan fingerprint density at radius 3 is 2.88 bits per heavy atom. The molecule has 0 atom stereocenters. The Balaban J connectivity index is 2.25. The van der Waals surface area contributed by atoms with Crippen molar-refractivity contribution in [3.05, 3.63) is 30.1 Å². The molecule has 0 aliphatic carbocycles. The van der Waals surface area contributed by atoms with Crippen LogP contribution in [-0.4, -0.2) is 19.1 Å². The van der Waals surface area contributed by atoms with Gasteiger partial charge in [-0.1, -0.05) is 19.9 Å². The minimum Gasteiger partial charge on any atom is -0.325 e. The molecule has 0 spiro atoms. The fourth-order valence-corrected chi connectivity index (χ4v) is 1.11. The second kappa shape index (κ2) is 6.98. The zero-order valence-corrected chi connectivity index (χ0v) is 10.00. The highest BCUT2D eigenvalue weighted by Crippen LogP contribution is 2.08. The number of rotatable bonds is 6. The number of hydrogen-bond donors (Lipinski definition) is 2. The summed E-state index contributed by atoms with van der Waals surface area (Å²) < 4.78 is 12.8. The molecule has 4 nitrogen and oxygen atoms in total. The molecule has 1 aromatic rings. The Morgan fingerprint density at radius 1 is 1.47 bits per heavy atom. The summed E-state index contributed by atoms with van der Waals surface area (Å²) in [6, 6.07) is 5.73. The fraction of sp³-hybridized carbons (Fsp3) is 0.417. The molecule has 0 fully saturated rings. The minimum absolute atomic E-state index is 0.0310. The SMILES string of the molecule is CC(C)CONCC(=O)Nc1cccc(F)c1. The van der Waals surface area contributed by atoms with Gasteiger partial charge in [-0.2, -0.15) is 5.48 Å². The van der Waals surface area contributed by atoms with Crippen LogP contribution in [0.5, 0.6) is 0 Å². The lowest BCUT2D eigenvalue weighted by Gasteiger charge is -2.08. The smallest absolute Gasteiger partial charge is 0.240 e. The molecule has 94 valence electrons. The van der Waals surface area contributed by atoms with Gasteiger partial charge in [0.1, 0.15) is 12.4 Å². The molecule has 0 aromatic heterocycles.